The maximum atomic E-state index is 4.42. The Labute approximate surface area is 194 Å². The number of hydrogen-bond donors (Lipinski definition) is 2. The number of aryl methyl sites for hydroxylation is 1. The van der Waals surface area contributed by atoms with Crippen LogP contribution in [0.3, 0.4) is 0 Å². The molecule has 0 saturated carbocycles. The standard InChI is InChI=1S/C22H38N6.HI/c1-19-6-8-21(9-7-19)28-13-10-20(18-28)25-22(23-2)24-11-4-5-12-27-16-14-26(3)15-17-27;/h6-9,20H,4-5,10-18H2,1-3H3,(H2,23,24,25);1H. The van der Waals surface area contributed by atoms with Crippen LogP contribution in [-0.2, 0) is 0 Å². The summed E-state index contributed by atoms with van der Waals surface area (Å²) < 4.78 is 0. The number of benzene rings is 1. The highest BCUT2D eigenvalue weighted by atomic mass is 127. The number of rotatable bonds is 7. The van der Waals surface area contributed by atoms with Gasteiger partial charge in [0.15, 0.2) is 5.96 Å². The van der Waals surface area contributed by atoms with E-state index in [9.17, 15) is 0 Å². The minimum absolute atomic E-state index is 0. The van der Waals surface area contributed by atoms with Gasteiger partial charge in [0, 0.05) is 64.6 Å². The van der Waals surface area contributed by atoms with E-state index in [1.807, 2.05) is 7.05 Å². The largest absolute Gasteiger partial charge is 0.369 e. The lowest BCUT2D eigenvalue weighted by atomic mass is 10.2. The summed E-state index contributed by atoms with van der Waals surface area (Å²) in [6.45, 7) is 11.3. The Balaban J connectivity index is 0.00000300. The van der Waals surface area contributed by atoms with Crippen LogP contribution in [0.4, 0.5) is 5.69 Å². The summed E-state index contributed by atoms with van der Waals surface area (Å²) in [5.74, 6) is 0.940. The fourth-order valence-corrected chi connectivity index (χ4v) is 3.99. The molecule has 2 aliphatic rings. The lowest BCUT2D eigenvalue weighted by molar-refractivity contribution is 0.152. The summed E-state index contributed by atoms with van der Waals surface area (Å²) in [5.41, 5.74) is 2.64. The second kappa shape index (κ2) is 12.6. The fourth-order valence-electron chi connectivity index (χ4n) is 3.99. The van der Waals surface area contributed by atoms with Gasteiger partial charge in [-0.3, -0.25) is 4.99 Å². The van der Waals surface area contributed by atoms with E-state index in [1.165, 1.54) is 56.8 Å². The Morgan fingerprint density at radius 1 is 1.07 bits per heavy atom. The number of guanidine groups is 1. The summed E-state index contributed by atoms with van der Waals surface area (Å²) in [4.78, 5) is 11.9. The van der Waals surface area contributed by atoms with Crippen molar-refractivity contribution in [3.8, 4) is 0 Å². The third-order valence-corrected chi connectivity index (χ3v) is 5.94. The average molecular weight is 515 g/mol. The number of nitrogens with one attached hydrogen (secondary N) is 2. The van der Waals surface area contributed by atoms with Crippen molar-refractivity contribution in [3.63, 3.8) is 0 Å². The molecule has 2 aliphatic heterocycles. The van der Waals surface area contributed by atoms with Crippen molar-refractivity contribution in [2.75, 3.05) is 71.4 Å². The molecule has 0 aromatic heterocycles. The molecule has 2 N–H and O–H groups in total. The molecule has 1 aromatic carbocycles. The van der Waals surface area contributed by atoms with Gasteiger partial charge in [0.05, 0.1) is 0 Å². The third-order valence-electron chi connectivity index (χ3n) is 5.94. The second-order valence-corrected chi connectivity index (χ2v) is 8.26. The third kappa shape index (κ3) is 7.94. The lowest BCUT2D eigenvalue weighted by Gasteiger charge is -2.32. The molecule has 3 rings (SSSR count). The summed E-state index contributed by atoms with van der Waals surface area (Å²) in [5, 5.41) is 7.10. The highest BCUT2D eigenvalue weighted by Gasteiger charge is 2.23. The van der Waals surface area contributed by atoms with Crippen molar-refractivity contribution >= 4 is 35.6 Å². The molecule has 0 amide bonds. The molecular weight excluding hydrogens is 475 g/mol. The molecule has 0 spiro atoms. The van der Waals surface area contributed by atoms with Crippen LogP contribution in [0.5, 0.6) is 0 Å². The van der Waals surface area contributed by atoms with Crippen molar-refractivity contribution in [1.29, 1.82) is 0 Å². The number of aliphatic imine (C=N–C) groups is 1. The van der Waals surface area contributed by atoms with E-state index in [0.717, 1.165) is 32.0 Å². The summed E-state index contributed by atoms with van der Waals surface area (Å²) in [6, 6.07) is 9.30. The Bertz CT molecular complexity index is 612. The first kappa shape index (κ1) is 24.2. The molecule has 29 heavy (non-hydrogen) atoms. The molecule has 2 fully saturated rings. The molecule has 1 aromatic rings. The first-order chi connectivity index (χ1) is 13.6. The number of hydrogen-bond acceptors (Lipinski definition) is 4. The normalized spacial score (nSPS) is 21.1. The fraction of sp³-hybridized carbons (Fsp3) is 0.682. The highest BCUT2D eigenvalue weighted by molar-refractivity contribution is 14.0. The molecule has 0 aliphatic carbocycles. The number of likely N-dealkylation sites (N-methyl/N-ethyl adjacent to an activating group) is 1. The van der Waals surface area contributed by atoms with Crippen LogP contribution in [0.25, 0.3) is 0 Å². The average Bonchev–Trinajstić information content (AvgIpc) is 3.17. The molecule has 1 atom stereocenters. The Kier molecular flexibility index (Phi) is 10.5. The molecule has 2 saturated heterocycles. The Morgan fingerprint density at radius 3 is 2.48 bits per heavy atom. The van der Waals surface area contributed by atoms with E-state index in [-0.39, 0.29) is 24.0 Å². The quantitative estimate of drug-likeness (QED) is 0.253. The van der Waals surface area contributed by atoms with E-state index < -0.39 is 0 Å². The SMILES string of the molecule is CN=C(NCCCCN1CCN(C)CC1)NC1CCN(c2ccc(C)cc2)C1.I. The first-order valence-corrected chi connectivity index (χ1v) is 10.8. The van der Waals surface area contributed by atoms with Crippen LogP contribution in [-0.4, -0.2) is 88.3 Å². The summed E-state index contributed by atoms with van der Waals surface area (Å²) in [6.07, 6.45) is 3.59. The summed E-state index contributed by atoms with van der Waals surface area (Å²) in [7, 11) is 4.08. The van der Waals surface area contributed by atoms with Gasteiger partial charge in [-0.15, -0.1) is 24.0 Å². The van der Waals surface area contributed by atoms with Crippen LogP contribution >= 0.6 is 24.0 Å². The zero-order valence-corrected chi connectivity index (χ0v) is 20.7. The maximum Gasteiger partial charge on any atom is 0.191 e. The number of halogens is 1. The van der Waals surface area contributed by atoms with Gasteiger partial charge in [0.25, 0.3) is 0 Å². The molecule has 6 nitrogen and oxygen atoms in total. The second-order valence-electron chi connectivity index (χ2n) is 8.26. The van der Waals surface area contributed by atoms with Gasteiger partial charge in [-0.05, 0) is 51.9 Å². The van der Waals surface area contributed by atoms with Gasteiger partial charge >= 0.3 is 0 Å². The Hall–Kier alpha value is -1.06. The molecule has 7 heteroatoms. The van der Waals surface area contributed by atoms with Crippen molar-refractivity contribution in [3.05, 3.63) is 29.8 Å². The zero-order chi connectivity index (χ0) is 19.8. The topological polar surface area (TPSA) is 46.1 Å². The van der Waals surface area contributed by atoms with Gasteiger partial charge in [-0.1, -0.05) is 17.7 Å². The van der Waals surface area contributed by atoms with Gasteiger partial charge in [0.1, 0.15) is 0 Å². The molecule has 0 bridgehead atoms. The maximum absolute atomic E-state index is 4.42. The molecule has 2 heterocycles. The van der Waals surface area contributed by atoms with Crippen LogP contribution in [0.1, 0.15) is 24.8 Å². The van der Waals surface area contributed by atoms with Crippen molar-refractivity contribution < 1.29 is 0 Å². The van der Waals surface area contributed by atoms with Crippen molar-refractivity contribution in [2.45, 2.75) is 32.2 Å². The van der Waals surface area contributed by atoms with Crippen LogP contribution in [0.2, 0.25) is 0 Å². The molecule has 1 unspecified atom stereocenters. The van der Waals surface area contributed by atoms with Crippen molar-refractivity contribution in [1.82, 2.24) is 20.4 Å². The number of nitrogens with zero attached hydrogens (tertiary/aromatic N) is 4. The monoisotopic (exact) mass is 514 g/mol. The van der Waals surface area contributed by atoms with Gasteiger partial charge in [-0.2, -0.15) is 0 Å². The van der Waals surface area contributed by atoms with Crippen LogP contribution in [0, 0.1) is 6.92 Å². The molecule has 164 valence electrons. The predicted octanol–water partition coefficient (Wildman–Crippen LogP) is 2.38. The Morgan fingerprint density at radius 2 is 1.79 bits per heavy atom. The zero-order valence-electron chi connectivity index (χ0n) is 18.4. The van der Waals surface area contributed by atoms with Crippen LogP contribution in [0.15, 0.2) is 29.3 Å². The minimum Gasteiger partial charge on any atom is -0.369 e. The minimum atomic E-state index is 0. The lowest BCUT2D eigenvalue weighted by Crippen LogP contribution is -2.45. The van der Waals surface area contributed by atoms with Gasteiger partial charge in [-0.25, -0.2) is 0 Å². The van der Waals surface area contributed by atoms with Gasteiger partial charge < -0.3 is 25.3 Å². The summed E-state index contributed by atoms with van der Waals surface area (Å²) >= 11 is 0. The number of piperazine rings is 1. The molecule has 0 radical (unpaired) electrons. The van der Waals surface area contributed by atoms with E-state index in [1.54, 1.807) is 0 Å². The predicted molar refractivity (Wildman–Crippen MR) is 135 cm³/mol. The van der Waals surface area contributed by atoms with Gasteiger partial charge in [0.2, 0.25) is 0 Å². The van der Waals surface area contributed by atoms with E-state index in [0.29, 0.717) is 6.04 Å². The van der Waals surface area contributed by atoms with Crippen LogP contribution < -0.4 is 15.5 Å². The highest BCUT2D eigenvalue weighted by Crippen LogP contribution is 2.20. The number of unbranched alkanes of at least 4 members (excludes halogenated alkanes) is 1. The van der Waals surface area contributed by atoms with Crippen molar-refractivity contribution in [2.24, 2.45) is 4.99 Å². The molecular formula is C22H39IN6. The number of anilines is 1. The van der Waals surface area contributed by atoms with E-state index in [2.05, 4.69) is 68.6 Å². The van der Waals surface area contributed by atoms with E-state index >= 15 is 0 Å². The smallest absolute Gasteiger partial charge is 0.191 e. The van der Waals surface area contributed by atoms with E-state index in [4.69, 9.17) is 0 Å². The first-order valence-electron chi connectivity index (χ1n) is 10.8.